The van der Waals surface area contributed by atoms with Crippen molar-refractivity contribution in [3.05, 3.63) is 0 Å². The number of hydrogen-bond acceptors (Lipinski definition) is 3. The Morgan fingerprint density at radius 3 is 2.88 bits per heavy atom. The molecule has 3 N–H and O–H groups in total. The predicted octanol–water partition coefficient (Wildman–Crippen LogP) is 0.733. The maximum Gasteiger partial charge on any atom is 0.222 e. The van der Waals surface area contributed by atoms with Crippen molar-refractivity contribution in [2.45, 2.75) is 51.6 Å². The molecule has 4 heteroatoms. The molecule has 0 bridgehead atoms. The van der Waals surface area contributed by atoms with E-state index in [0.717, 1.165) is 25.8 Å². The lowest BCUT2D eigenvalue weighted by atomic mass is 10.0. The molecule has 3 atom stereocenters. The topological polar surface area (TPSA) is 66.6 Å². The minimum atomic E-state index is 0.0304. The largest absolute Gasteiger partial charge is 0.394 e. The zero-order valence-corrected chi connectivity index (χ0v) is 10.4. The number of aliphatic hydroxyl groups is 1. The smallest absolute Gasteiger partial charge is 0.222 e. The Hall–Kier alpha value is -0.610. The van der Waals surface area contributed by atoms with E-state index in [2.05, 4.69) is 6.92 Å². The van der Waals surface area contributed by atoms with Crippen LogP contribution in [0.3, 0.4) is 0 Å². The summed E-state index contributed by atoms with van der Waals surface area (Å²) >= 11 is 0. The maximum absolute atomic E-state index is 11.9. The van der Waals surface area contributed by atoms with E-state index in [-0.39, 0.29) is 24.6 Å². The van der Waals surface area contributed by atoms with Gasteiger partial charge in [-0.15, -0.1) is 0 Å². The van der Waals surface area contributed by atoms with Crippen molar-refractivity contribution in [1.29, 1.82) is 0 Å². The molecule has 3 unspecified atom stereocenters. The van der Waals surface area contributed by atoms with Crippen molar-refractivity contribution >= 4 is 5.91 Å². The molecule has 0 aliphatic carbocycles. The van der Waals surface area contributed by atoms with Gasteiger partial charge in [-0.05, 0) is 32.1 Å². The lowest BCUT2D eigenvalue weighted by molar-refractivity contribution is -0.133. The molecule has 0 radical (unpaired) electrons. The van der Waals surface area contributed by atoms with E-state index >= 15 is 0 Å². The van der Waals surface area contributed by atoms with E-state index in [1.54, 1.807) is 0 Å². The Bertz CT molecular complexity index is 231. The fraction of sp³-hybridized carbons (Fsp3) is 0.917. The monoisotopic (exact) mass is 228 g/mol. The molecule has 0 aromatic heterocycles. The van der Waals surface area contributed by atoms with Crippen LogP contribution in [0, 0.1) is 5.92 Å². The van der Waals surface area contributed by atoms with Crippen molar-refractivity contribution < 1.29 is 9.90 Å². The molecular weight excluding hydrogens is 204 g/mol. The molecule has 94 valence electrons. The highest BCUT2D eigenvalue weighted by Gasteiger charge is 2.33. The van der Waals surface area contributed by atoms with E-state index in [0.29, 0.717) is 12.3 Å². The van der Waals surface area contributed by atoms with Crippen LogP contribution in [0.25, 0.3) is 0 Å². The van der Waals surface area contributed by atoms with Gasteiger partial charge in [0.25, 0.3) is 0 Å². The first-order chi connectivity index (χ1) is 7.56. The third-order valence-electron chi connectivity index (χ3n) is 3.44. The highest BCUT2D eigenvalue weighted by atomic mass is 16.3. The third kappa shape index (κ3) is 3.46. The average molecular weight is 228 g/mol. The van der Waals surface area contributed by atoms with Gasteiger partial charge in [0.1, 0.15) is 0 Å². The number of nitrogens with zero attached hydrogens (tertiary/aromatic N) is 1. The van der Waals surface area contributed by atoms with Crippen molar-refractivity contribution in [3.8, 4) is 0 Å². The number of hydrogen-bond donors (Lipinski definition) is 2. The van der Waals surface area contributed by atoms with Gasteiger partial charge < -0.3 is 15.7 Å². The van der Waals surface area contributed by atoms with Crippen molar-refractivity contribution in [2.75, 3.05) is 13.2 Å². The average Bonchev–Trinajstić information content (AvgIpc) is 2.58. The Morgan fingerprint density at radius 1 is 1.62 bits per heavy atom. The molecule has 1 heterocycles. The Morgan fingerprint density at radius 2 is 2.31 bits per heavy atom. The van der Waals surface area contributed by atoms with Crippen LogP contribution in [-0.4, -0.2) is 41.1 Å². The summed E-state index contributed by atoms with van der Waals surface area (Å²) in [4.78, 5) is 13.8. The Balaban J connectivity index is 2.36. The summed E-state index contributed by atoms with van der Waals surface area (Å²) in [6.07, 6.45) is 3.30. The summed E-state index contributed by atoms with van der Waals surface area (Å²) < 4.78 is 0. The van der Waals surface area contributed by atoms with Gasteiger partial charge in [0.2, 0.25) is 5.91 Å². The molecule has 0 aromatic carbocycles. The second-order valence-corrected chi connectivity index (χ2v) is 4.97. The summed E-state index contributed by atoms with van der Waals surface area (Å²) in [7, 11) is 0. The summed E-state index contributed by atoms with van der Waals surface area (Å²) in [5, 5.41) is 9.26. The first-order valence-corrected chi connectivity index (χ1v) is 6.22. The van der Waals surface area contributed by atoms with Crippen molar-refractivity contribution in [2.24, 2.45) is 11.7 Å². The molecule has 1 amide bonds. The molecule has 0 saturated carbocycles. The maximum atomic E-state index is 11.9. The van der Waals surface area contributed by atoms with Crippen LogP contribution in [0.2, 0.25) is 0 Å². The zero-order valence-electron chi connectivity index (χ0n) is 10.4. The lowest BCUT2D eigenvalue weighted by Gasteiger charge is -2.25. The number of nitrogens with two attached hydrogens (primary N) is 1. The second-order valence-electron chi connectivity index (χ2n) is 4.97. The number of aliphatic hydroxyl groups excluding tert-OH is 1. The van der Waals surface area contributed by atoms with Crippen LogP contribution < -0.4 is 5.73 Å². The van der Waals surface area contributed by atoms with Crippen molar-refractivity contribution in [1.82, 2.24) is 4.90 Å². The fourth-order valence-electron chi connectivity index (χ4n) is 2.32. The van der Waals surface area contributed by atoms with Gasteiger partial charge in [0, 0.05) is 19.0 Å². The number of amides is 1. The normalized spacial score (nSPS) is 27.1. The molecule has 1 fully saturated rings. The van der Waals surface area contributed by atoms with Gasteiger partial charge in [0.15, 0.2) is 0 Å². The standard InChI is InChI=1S/C12H24N2O2/c1-9-6-7-14(11(9)8-15)12(16)5-3-4-10(2)13/h9-11,15H,3-8,13H2,1-2H3. The lowest BCUT2D eigenvalue weighted by Crippen LogP contribution is -2.39. The number of rotatable bonds is 5. The summed E-state index contributed by atoms with van der Waals surface area (Å²) in [6.45, 7) is 4.93. The van der Waals surface area contributed by atoms with Gasteiger partial charge in [-0.1, -0.05) is 6.92 Å². The molecule has 0 spiro atoms. The van der Waals surface area contributed by atoms with Gasteiger partial charge >= 0.3 is 0 Å². The molecule has 1 aliphatic heterocycles. The van der Waals surface area contributed by atoms with E-state index in [1.807, 2.05) is 11.8 Å². The number of likely N-dealkylation sites (tertiary alicyclic amines) is 1. The summed E-state index contributed by atoms with van der Waals surface area (Å²) in [5.41, 5.74) is 5.64. The molecule has 1 aliphatic rings. The minimum Gasteiger partial charge on any atom is -0.394 e. The fourth-order valence-corrected chi connectivity index (χ4v) is 2.32. The molecular formula is C12H24N2O2. The van der Waals surface area contributed by atoms with Crippen LogP contribution >= 0.6 is 0 Å². The first kappa shape index (κ1) is 13.5. The number of carbonyl (C=O) groups excluding carboxylic acids is 1. The van der Waals surface area contributed by atoms with E-state index in [4.69, 9.17) is 5.73 Å². The highest BCUT2D eigenvalue weighted by Crippen LogP contribution is 2.24. The molecule has 1 saturated heterocycles. The van der Waals surface area contributed by atoms with Gasteiger partial charge in [-0.3, -0.25) is 4.79 Å². The highest BCUT2D eigenvalue weighted by molar-refractivity contribution is 5.76. The van der Waals surface area contributed by atoms with Gasteiger partial charge in [-0.25, -0.2) is 0 Å². The number of carbonyl (C=O) groups is 1. The van der Waals surface area contributed by atoms with E-state index < -0.39 is 0 Å². The third-order valence-corrected chi connectivity index (χ3v) is 3.44. The minimum absolute atomic E-state index is 0.0304. The predicted molar refractivity (Wildman–Crippen MR) is 63.9 cm³/mol. The molecule has 16 heavy (non-hydrogen) atoms. The van der Waals surface area contributed by atoms with E-state index in [1.165, 1.54) is 0 Å². The molecule has 0 aromatic rings. The van der Waals surface area contributed by atoms with E-state index in [9.17, 15) is 9.90 Å². The van der Waals surface area contributed by atoms with Crippen LogP contribution in [0.15, 0.2) is 0 Å². The summed E-state index contributed by atoms with van der Waals surface area (Å²) in [5.74, 6) is 0.589. The van der Waals surface area contributed by atoms with Gasteiger partial charge in [0.05, 0.1) is 12.6 Å². The van der Waals surface area contributed by atoms with Crippen molar-refractivity contribution in [3.63, 3.8) is 0 Å². The van der Waals surface area contributed by atoms with Crippen LogP contribution in [-0.2, 0) is 4.79 Å². The second kappa shape index (κ2) is 6.21. The molecule has 4 nitrogen and oxygen atoms in total. The van der Waals surface area contributed by atoms with Gasteiger partial charge in [-0.2, -0.15) is 0 Å². The SMILES string of the molecule is CC(N)CCCC(=O)N1CCC(C)C1CO. The van der Waals surface area contributed by atoms with Crippen LogP contribution in [0.5, 0.6) is 0 Å². The summed E-state index contributed by atoms with van der Waals surface area (Å²) in [6, 6.07) is 0.196. The molecule has 1 rings (SSSR count). The zero-order chi connectivity index (χ0) is 12.1. The Labute approximate surface area is 97.8 Å². The quantitative estimate of drug-likeness (QED) is 0.729. The van der Waals surface area contributed by atoms with Crippen LogP contribution in [0.1, 0.15) is 39.5 Å². The first-order valence-electron chi connectivity index (χ1n) is 6.22. The Kier molecular flexibility index (Phi) is 5.22. The van der Waals surface area contributed by atoms with Crippen LogP contribution in [0.4, 0.5) is 0 Å².